The number of carbonyl (C=O) groups is 2. The number of amides is 1. The highest BCUT2D eigenvalue weighted by Crippen LogP contribution is 2.37. The van der Waals surface area contributed by atoms with Gasteiger partial charge in [0.15, 0.2) is 11.5 Å². The molecule has 0 aliphatic carbocycles. The summed E-state index contributed by atoms with van der Waals surface area (Å²) in [6, 6.07) is 2.82. The summed E-state index contributed by atoms with van der Waals surface area (Å²) in [6.45, 7) is 2.98. The van der Waals surface area contributed by atoms with E-state index in [-0.39, 0.29) is 18.4 Å². The van der Waals surface area contributed by atoms with Crippen LogP contribution in [0.25, 0.3) is 0 Å². The number of halogens is 1. The first-order chi connectivity index (χ1) is 12.0. The molecule has 0 radical (unpaired) electrons. The summed E-state index contributed by atoms with van der Waals surface area (Å²) >= 11 is 7.93. The van der Waals surface area contributed by atoms with E-state index in [0.717, 1.165) is 12.2 Å². The number of aliphatic carboxylic acids is 1. The van der Waals surface area contributed by atoms with Crippen molar-refractivity contribution in [3.8, 4) is 11.5 Å². The van der Waals surface area contributed by atoms with Crippen LogP contribution in [0.5, 0.6) is 11.5 Å². The zero-order valence-corrected chi connectivity index (χ0v) is 15.9. The molecule has 6 nitrogen and oxygen atoms in total. The van der Waals surface area contributed by atoms with Crippen LogP contribution in [0.3, 0.4) is 0 Å². The Kier molecular flexibility index (Phi) is 7.25. The third-order valence-corrected chi connectivity index (χ3v) is 5.20. The molecule has 8 heteroatoms. The van der Waals surface area contributed by atoms with Crippen LogP contribution in [0.15, 0.2) is 12.1 Å². The molecule has 1 aromatic rings. The van der Waals surface area contributed by atoms with E-state index < -0.39 is 5.97 Å². The van der Waals surface area contributed by atoms with E-state index in [1.54, 1.807) is 28.8 Å². The summed E-state index contributed by atoms with van der Waals surface area (Å²) in [5.41, 5.74) is 0.369. The number of hydrogen-bond acceptors (Lipinski definition) is 5. The number of methoxy groups -OCH3 is 1. The van der Waals surface area contributed by atoms with Crippen LogP contribution in [0.1, 0.15) is 30.1 Å². The number of carboxylic acid groups (broad SMARTS) is 1. The van der Waals surface area contributed by atoms with Crippen molar-refractivity contribution in [1.29, 1.82) is 0 Å². The molecule has 1 aliphatic rings. The van der Waals surface area contributed by atoms with E-state index >= 15 is 0 Å². The molecule has 0 aromatic heterocycles. The predicted molar refractivity (Wildman–Crippen MR) is 98.2 cm³/mol. The fourth-order valence-corrected chi connectivity index (χ4v) is 3.97. The van der Waals surface area contributed by atoms with Gasteiger partial charge in [-0.2, -0.15) is 11.8 Å². The Bertz CT molecular complexity index is 640. The zero-order chi connectivity index (χ0) is 18.4. The Morgan fingerprint density at radius 1 is 1.44 bits per heavy atom. The van der Waals surface area contributed by atoms with Gasteiger partial charge in [0.1, 0.15) is 0 Å². The summed E-state index contributed by atoms with van der Waals surface area (Å²) in [6.07, 6.45) is 0.754. The second kappa shape index (κ2) is 9.20. The van der Waals surface area contributed by atoms with E-state index in [0.29, 0.717) is 41.0 Å². The molecule has 25 heavy (non-hydrogen) atoms. The van der Waals surface area contributed by atoms with Crippen LogP contribution >= 0.6 is 23.4 Å². The van der Waals surface area contributed by atoms with Gasteiger partial charge in [-0.15, -0.1) is 0 Å². The van der Waals surface area contributed by atoms with Crippen LogP contribution in [-0.4, -0.2) is 59.7 Å². The lowest BCUT2D eigenvalue weighted by atomic mass is 10.1. The van der Waals surface area contributed by atoms with Crippen LogP contribution in [0, 0.1) is 0 Å². The quantitative estimate of drug-likeness (QED) is 0.774. The average Bonchev–Trinajstić information content (AvgIpc) is 2.59. The Morgan fingerprint density at radius 3 is 2.84 bits per heavy atom. The van der Waals surface area contributed by atoms with Gasteiger partial charge in [0.25, 0.3) is 5.91 Å². The van der Waals surface area contributed by atoms with Crippen molar-refractivity contribution in [3.05, 3.63) is 22.7 Å². The average molecular weight is 388 g/mol. The molecule has 1 aromatic carbocycles. The highest BCUT2D eigenvalue weighted by atomic mass is 35.5. The lowest BCUT2D eigenvalue weighted by Gasteiger charge is -2.34. The predicted octanol–water partition coefficient (Wildman–Crippen LogP) is 3.17. The smallest absolute Gasteiger partial charge is 0.305 e. The number of carboxylic acids is 1. The monoisotopic (exact) mass is 387 g/mol. The largest absolute Gasteiger partial charge is 0.493 e. The normalized spacial score (nSPS) is 17.2. The summed E-state index contributed by atoms with van der Waals surface area (Å²) in [4.78, 5) is 25.6. The summed E-state index contributed by atoms with van der Waals surface area (Å²) in [5, 5.41) is 9.38. The molecule has 2 rings (SSSR count). The third kappa shape index (κ3) is 4.95. The number of rotatable bonds is 7. The van der Waals surface area contributed by atoms with E-state index in [4.69, 9.17) is 26.2 Å². The molecule has 1 saturated heterocycles. The maximum Gasteiger partial charge on any atom is 0.305 e. The second-order valence-corrected chi connectivity index (χ2v) is 7.22. The second-order valence-electron chi connectivity index (χ2n) is 5.66. The van der Waals surface area contributed by atoms with Gasteiger partial charge in [-0.1, -0.05) is 18.5 Å². The molecular formula is C17H22ClNO5S. The Labute approximate surface area is 156 Å². The molecule has 1 amide bonds. The molecule has 1 unspecified atom stereocenters. The van der Waals surface area contributed by atoms with Crippen molar-refractivity contribution in [2.24, 2.45) is 0 Å². The molecule has 1 heterocycles. The fraction of sp³-hybridized carbons (Fsp3) is 0.529. The first-order valence-electron chi connectivity index (χ1n) is 8.08. The summed E-state index contributed by atoms with van der Waals surface area (Å²) < 4.78 is 10.9. The van der Waals surface area contributed by atoms with Gasteiger partial charge in [-0.25, -0.2) is 0 Å². The Hall–Kier alpha value is -1.60. The molecule has 0 saturated carbocycles. The third-order valence-electron chi connectivity index (χ3n) is 3.83. The first kappa shape index (κ1) is 19.7. The minimum atomic E-state index is -0.913. The van der Waals surface area contributed by atoms with Gasteiger partial charge in [0.05, 0.1) is 31.2 Å². The number of carbonyl (C=O) groups excluding carboxylic acids is 1. The Balaban J connectivity index is 2.28. The maximum atomic E-state index is 12.9. The lowest BCUT2D eigenvalue weighted by Crippen LogP contribution is -2.47. The van der Waals surface area contributed by atoms with Crippen LogP contribution in [0.2, 0.25) is 5.02 Å². The van der Waals surface area contributed by atoms with E-state index in [1.165, 1.54) is 7.11 Å². The number of hydrogen-bond donors (Lipinski definition) is 1. The zero-order valence-electron chi connectivity index (χ0n) is 14.3. The van der Waals surface area contributed by atoms with Gasteiger partial charge >= 0.3 is 5.97 Å². The van der Waals surface area contributed by atoms with Crippen molar-refractivity contribution in [2.45, 2.75) is 25.8 Å². The van der Waals surface area contributed by atoms with Gasteiger partial charge < -0.3 is 19.5 Å². The topological polar surface area (TPSA) is 76.1 Å². The molecule has 1 N–H and O–H groups in total. The highest BCUT2D eigenvalue weighted by molar-refractivity contribution is 7.99. The van der Waals surface area contributed by atoms with Gasteiger partial charge in [-0.3, -0.25) is 9.59 Å². The van der Waals surface area contributed by atoms with Crippen molar-refractivity contribution in [1.82, 2.24) is 4.90 Å². The summed E-state index contributed by atoms with van der Waals surface area (Å²) in [7, 11) is 1.49. The van der Waals surface area contributed by atoms with E-state index in [1.807, 2.05) is 6.92 Å². The highest BCUT2D eigenvalue weighted by Gasteiger charge is 2.30. The minimum absolute atomic E-state index is 0.0682. The van der Waals surface area contributed by atoms with Crippen LogP contribution in [0.4, 0.5) is 0 Å². The van der Waals surface area contributed by atoms with Crippen LogP contribution < -0.4 is 9.47 Å². The minimum Gasteiger partial charge on any atom is -0.493 e. The van der Waals surface area contributed by atoms with Crippen LogP contribution in [-0.2, 0) is 4.79 Å². The first-order valence-corrected chi connectivity index (χ1v) is 9.62. The van der Waals surface area contributed by atoms with Crippen molar-refractivity contribution < 1.29 is 24.2 Å². The number of ether oxygens (including phenoxy) is 2. The SMILES string of the molecule is CCCOc1c(Cl)cc(C(=O)N2CCSCC2CC(=O)O)cc1OC. The maximum absolute atomic E-state index is 12.9. The van der Waals surface area contributed by atoms with Crippen molar-refractivity contribution >= 4 is 35.2 Å². The number of nitrogens with zero attached hydrogens (tertiary/aromatic N) is 1. The molecule has 1 aliphatic heterocycles. The fourth-order valence-electron chi connectivity index (χ4n) is 2.65. The summed E-state index contributed by atoms with van der Waals surface area (Å²) in [5.74, 6) is 1.05. The van der Waals surface area contributed by atoms with Crippen molar-refractivity contribution in [2.75, 3.05) is 31.8 Å². The number of benzene rings is 1. The van der Waals surface area contributed by atoms with Crippen molar-refractivity contribution in [3.63, 3.8) is 0 Å². The molecule has 0 bridgehead atoms. The van der Waals surface area contributed by atoms with Gasteiger partial charge in [0, 0.05) is 23.6 Å². The molecule has 1 fully saturated rings. The molecule has 1 atom stereocenters. The molecule has 0 spiro atoms. The lowest BCUT2D eigenvalue weighted by molar-refractivity contribution is -0.138. The molecule has 138 valence electrons. The van der Waals surface area contributed by atoms with E-state index in [9.17, 15) is 9.59 Å². The van der Waals surface area contributed by atoms with Gasteiger partial charge in [-0.05, 0) is 18.6 Å². The Morgan fingerprint density at radius 2 is 2.20 bits per heavy atom. The van der Waals surface area contributed by atoms with E-state index in [2.05, 4.69) is 0 Å². The number of thioether (sulfide) groups is 1. The molecular weight excluding hydrogens is 366 g/mol. The standard InChI is InChI=1S/C17H22ClNO5S/c1-3-5-24-16-13(18)7-11(8-14(16)23-2)17(22)19-4-6-25-10-12(19)9-15(20)21/h7-8,12H,3-6,9-10H2,1-2H3,(H,20,21). The van der Waals surface area contributed by atoms with Gasteiger partial charge in [0.2, 0.25) is 0 Å².